The Hall–Kier alpha value is -2.34. The molecule has 2 aromatic carbocycles. The number of aliphatic hydroxyl groups excluding tert-OH is 1. The van der Waals surface area contributed by atoms with Gasteiger partial charge in [0.15, 0.2) is 0 Å². The molecule has 1 heterocycles. The fourth-order valence-electron chi connectivity index (χ4n) is 2.97. The highest BCUT2D eigenvalue weighted by atomic mass is 35.5. The molecular weight excluding hydrogens is 387 g/mol. The average molecular weight is 405 g/mol. The highest BCUT2D eigenvalue weighted by Crippen LogP contribution is 2.36. The maximum absolute atomic E-state index is 13.2. The summed E-state index contributed by atoms with van der Waals surface area (Å²) in [5.74, 6) is -0.910. The number of hydrogen-bond acceptors (Lipinski definition) is 4. The van der Waals surface area contributed by atoms with Crippen molar-refractivity contribution in [3.05, 3.63) is 69.3 Å². The molecule has 1 aliphatic rings. The van der Waals surface area contributed by atoms with Gasteiger partial charge in [-0.3, -0.25) is 9.59 Å². The number of aliphatic hydroxyl groups is 1. The second kappa shape index (κ2) is 7.72. The molecule has 0 aliphatic carbocycles. The quantitative estimate of drug-likeness (QED) is 0.774. The maximum atomic E-state index is 13.2. The molecule has 2 amide bonds. The summed E-state index contributed by atoms with van der Waals surface area (Å²) in [5.41, 5.74) is 2.56. The number of rotatable bonds is 5. The molecule has 2 aromatic rings. The van der Waals surface area contributed by atoms with Crippen LogP contribution in [0.15, 0.2) is 48.2 Å². The summed E-state index contributed by atoms with van der Waals surface area (Å²) in [6.45, 7) is 2.02. The third kappa shape index (κ3) is 3.58. The molecule has 0 saturated carbocycles. The van der Waals surface area contributed by atoms with Crippen molar-refractivity contribution in [1.82, 2.24) is 4.90 Å². The van der Waals surface area contributed by atoms with Crippen LogP contribution in [-0.2, 0) is 9.59 Å². The zero-order chi connectivity index (χ0) is 19.7. The first-order valence-electron chi connectivity index (χ1n) is 8.32. The van der Waals surface area contributed by atoms with Crippen molar-refractivity contribution in [1.29, 1.82) is 0 Å². The Bertz CT molecular complexity index is 939. The topological polar surface area (TPSA) is 60.9 Å². The summed E-state index contributed by atoms with van der Waals surface area (Å²) >= 11 is 12.0. The second-order valence-electron chi connectivity index (χ2n) is 6.28. The number of aryl methyl sites for hydroxylation is 1. The van der Waals surface area contributed by atoms with Crippen LogP contribution < -0.4 is 4.90 Å². The molecule has 3 rings (SSSR count). The van der Waals surface area contributed by atoms with Crippen molar-refractivity contribution in [2.24, 2.45) is 0 Å². The van der Waals surface area contributed by atoms with Crippen LogP contribution in [0, 0.1) is 6.92 Å². The van der Waals surface area contributed by atoms with Gasteiger partial charge in [0, 0.05) is 13.6 Å². The summed E-state index contributed by atoms with van der Waals surface area (Å²) in [4.78, 5) is 29.0. The van der Waals surface area contributed by atoms with E-state index in [4.69, 9.17) is 23.2 Å². The molecule has 0 aromatic heterocycles. The Labute approximate surface area is 167 Å². The number of benzene rings is 2. The number of hydrogen-bond donors (Lipinski definition) is 1. The molecule has 1 N–H and O–H groups in total. The number of halogens is 2. The van der Waals surface area contributed by atoms with E-state index in [-0.39, 0.29) is 23.9 Å². The van der Waals surface area contributed by atoms with Crippen LogP contribution in [0.2, 0.25) is 10.0 Å². The van der Waals surface area contributed by atoms with Gasteiger partial charge >= 0.3 is 0 Å². The first-order chi connectivity index (χ1) is 12.8. The summed E-state index contributed by atoms with van der Waals surface area (Å²) in [7, 11) is 1.67. The highest BCUT2D eigenvalue weighted by Gasteiger charge is 2.41. The molecule has 1 aliphatic heterocycles. The van der Waals surface area contributed by atoms with E-state index in [1.54, 1.807) is 36.2 Å². The smallest absolute Gasteiger partial charge is 0.282 e. The van der Waals surface area contributed by atoms with Gasteiger partial charge in [0.2, 0.25) is 0 Å². The molecule has 0 saturated heterocycles. The van der Waals surface area contributed by atoms with E-state index >= 15 is 0 Å². The maximum Gasteiger partial charge on any atom is 0.282 e. The van der Waals surface area contributed by atoms with Crippen molar-refractivity contribution in [2.45, 2.75) is 6.92 Å². The Morgan fingerprint density at radius 3 is 2.26 bits per heavy atom. The summed E-state index contributed by atoms with van der Waals surface area (Å²) < 4.78 is 0. The zero-order valence-electron chi connectivity index (χ0n) is 14.9. The fraction of sp³-hybridized carbons (Fsp3) is 0.200. The van der Waals surface area contributed by atoms with Crippen LogP contribution in [0.1, 0.15) is 11.1 Å². The van der Waals surface area contributed by atoms with Crippen LogP contribution in [0.5, 0.6) is 0 Å². The standard InChI is InChI=1S/C20H18Cl2N2O3/c1-12-3-5-13(6-4-12)17-18(23(2)9-10-25)20(27)24(19(17)26)14-7-8-15(21)16(22)11-14/h3-8,11,25H,9-10H2,1-2H3. The van der Waals surface area contributed by atoms with E-state index in [1.807, 2.05) is 19.1 Å². The predicted octanol–water partition coefficient (Wildman–Crippen LogP) is 3.51. The Kier molecular flexibility index (Phi) is 5.56. The first-order valence-corrected chi connectivity index (χ1v) is 9.08. The van der Waals surface area contributed by atoms with Gasteiger partial charge in [0.05, 0.1) is 27.9 Å². The highest BCUT2D eigenvalue weighted by molar-refractivity contribution is 6.46. The van der Waals surface area contributed by atoms with E-state index in [0.717, 1.165) is 10.5 Å². The van der Waals surface area contributed by atoms with E-state index in [1.165, 1.54) is 6.07 Å². The van der Waals surface area contributed by atoms with Gasteiger partial charge in [-0.25, -0.2) is 4.90 Å². The van der Waals surface area contributed by atoms with Gasteiger partial charge in [0.25, 0.3) is 11.8 Å². The van der Waals surface area contributed by atoms with Crippen LogP contribution >= 0.6 is 23.2 Å². The minimum atomic E-state index is -0.468. The Balaban J connectivity index is 2.13. The summed E-state index contributed by atoms with van der Waals surface area (Å²) in [6, 6.07) is 12.0. The van der Waals surface area contributed by atoms with Crippen molar-refractivity contribution >= 4 is 46.3 Å². The van der Waals surface area contributed by atoms with E-state index in [2.05, 4.69) is 0 Å². The third-order valence-electron chi connectivity index (χ3n) is 4.38. The molecule has 0 bridgehead atoms. The zero-order valence-corrected chi connectivity index (χ0v) is 16.4. The number of carbonyl (C=O) groups excluding carboxylic acids is 2. The van der Waals surface area contributed by atoms with Crippen LogP contribution in [0.25, 0.3) is 5.57 Å². The molecule has 27 heavy (non-hydrogen) atoms. The van der Waals surface area contributed by atoms with Gasteiger partial charge in [-0.2, -0.15) is 0 Å². The Morgan fingerprint density at radius 1 is 1.00 bits per heavy atom. The molecule has 0 radical (unpaired) electrons. The van der Waals surface area contributed by atoms with Crippen LogP contribution in [0.4, 0.5) is 5.69 Å². The molecular formula is C20H18Cl2N2O3. The van der Waals surface area contributed by atoms with Gasteiger partial charge < -0.3 is 10.0 Å². The molecule has 0 fully saturated rings. The number of amides is 2. The lowest BCUT2D eigenvalue weighted by Crippen LogP contribution is -2.34. The summed E-state index contributed by atoms with van der Waals surface area (Å²) in [6.07, 6.45) is 0. The number of likely N-dealkylation sites (N-methyl/N-ethyl adjacent to an activating group) is 1. The minimum absolute atomic E-state index is 0.143. The number of imide groups is 1. The van der Waals surface area contributed by atoms with Gasteiger partial charge in [-0.1, -0.05) is 53.0 Å². The second-order valence-corrected chi connectivity index (χ2v) is 7.09. The molecule has 0 atom stereocenters. The van der Waals surface area contributed by atoms with E-state index in [9.17, 15) is 14.7 Å². The van der Waals surface area contributed by atoms with Crippen LogP contribution in [-0.4, -0.2) is 42.0 Å². The molecule has 0 unspecified atom stereocenters. The number of anilines is 1. The lowest BCUT2D eigenvalue weighted by Gasteiger charge is -2.20. The lowest BCUT2D eigenvalue weighted by atomic mass is 10.0. The summed E-state index contributed by atoms with van der Waals surface area (Å²) in [5, 5.41) is 9.88. The third-order valence-corrected chi connectivity index (χ3v) is 5.12. The average Bonchev–Trinajstić information content (AvgIpc) is 2.89. The lowest BCUT2D eigenvalue weighted by molar-refractivity contribution is -0.120. The number of nitrogens with zero attached hydrogens (tertiary/aromatic N) is 2. The first kappa shape index (κ1) is 19.4. The van der Waals surface area contributed by atoms with Gasteiger partial charge in [-0.15, -0.1) is 0 Å². The van der Waals surface area contributed by atoms with Crippen molar-refractivity contribution in [2.75, 3.05) is 25.1 Å². The largest absolute Gasteiger partial charge is 0.395 e. The van der Waals surface area contributed by atoms with Crippen molar-refractivity contribution < 1.29 is 14.7 Å². The molecule has 0 spiro atoms. The minimum Gasteiger partial charge on any atom is -0.395 e. The van der Waals surface area contributed by atoms with Gasteiger partial charge in [0.1, 0.15) is 5.70 Å². The van der Waals surface area contributed by atoms with E-state index < -0.39 is 11.8 Å². The SMILES string of the molecule is Cc1ccc(C2=C(N(C)CCO)C(=O)N(c3ccc(Cl)c(Cl)c3)C2=O)cc1. The Morgan fingerprint density at radius 2 is 1.67 bits per heavy atom. The van der Waals surface area contributed by atoms with Crippen molar-refractivity contribution in [3.8, 4) is 0 Å². The van der Waals surface area contributed by atoms with Crippen molar-refractivity contribution in [3.63, 3.8) is 0 Å². The number of carbonyl (C=O) groups is 2. The van der Waals surface area contributed by atoms with Gasteiger partial charge in [-0.05, 0) is 30.7 Å². The fourth-order valence-corrected chi connectivity index (χ4v) is 3.27. The van der Waals surface area contributed by atoms with E-state index in [0.29, 0.717) is 21.8 Å². The molecule has 5 nitrogen and oxygen atoms in total. The molecule has 7 heteroatoms. The molecule has 140 valence electrons. The predicted molar refractivity (Wildman–Crippen MR) is 107 cm³/mol. The normalized spacial score (nSPS) is 14.3. The van der Waals surface area contributed by atoms with Crippen LogP contribution in [0.3, 0.4) is 0 Å². The monoisotopic (exact) mass is 404 g/mol.